The maximum Gasteiger partial charge on any atom is 0.255 e. The Morgan fingerprint density at radius 2 is 1.74 bits per heavy atom. The molecule has 1 aromatic carbocycles. The number of carbonyl (C=O) groups excluding carboxylic acids is 3. The number of ketones is 2. The van der Waals surface area contributed by atoms with Crippen molar-refractivity contribution >= 4 is 17.5 Å². The number of aromatic hydroxyl groups is 1. The number of aliphatic hydroxyl groups excluding tert-OH is 2. The fourth-order valence-electron chi connectivity index (χ4n) is 6.89. The van der Waals surface area contributed by atoms with Crippen LogP contribution in [-0.4, -0.2) is 68.5 Å². The molecule has 6 N–H and O–H groups in total. The number of likely N-dealkylation sites (N-methyl/N-ethyl adjacent to an activating group) is 1. The molecule has 186 valence electrons. The Kier molecular flexibility index (Phi) is 5.34. The van der Waals surface area contributed by atoms with Gasteiger partial charge in [0.05, 0.1) is 11.6 Å². The number of carbonyl (C=O) groups is 3. The van der Waals surface area contributed by atoms with Gasteiger partial charge in [-0.1, -0.05) is 18.9 Å². The largest absolute Gasteiger partial charge is 0.510 e. The predicted octanol–water partition coefficient (Wildman–Crippen LogP) is 1.78. The van der Waals surface area contributed by atoms with Crippen LogP contribution in [0.5, 0.6) is 5.75 Å². The summed E-state index contributed by atoms with van der Waals surface area (Å²) in [5, 5.41) is 44.4. The lowest BCUT2D eigenvalue weighted by Gasteiger charge is -2.50. The van der Waals surface area contributed by atoms with E-state index >= 15 is 0 Å². The Hall–Kier alpha value is -3.17. The van der Waals surface area contributed by atoms with Crippen LogP contribution in [0.2, 0.25) is 0 Å². The van der Waals surface area contributed by atoms with Crippen molar-refractivity contribution in [1.29, 1.82) is 0 Å². The van der Waals surface area contributed by atoms with Gasteiger partial charge in [0.1, 0.15) is 22.8 Å². The van der Waals surface area contributed by atoms with Gasteiger partial charge in [-0.3, -0.25) is 19.3 Å². The van der Waals surface area contributed by atoms with Gasteiger partial charge in [0, 0.05) is 11.5 Å². The molecule has 4 aliphatic carbocycles. The van der Waals surface area contributed by atoms with Crippen molar-refractivity contribution in [1.82, 2.24) is 4.90 Å². The van der Waals surface area contributed by atoms with Crippen LogP contribution in [0.1, 0.15) is 59.5 Å². The number of phenolic OH excluding ortho intramolecular Hbond substituents is 1. The van der Waals surface area contributed by atoms with Gasteiger partial charge in [0.25, 0.3) is 5.91 Å². The second-order valence-electron chi connectivity index (χ2n) is 10.5. The van der Waals surface area contributed by atoms with Gasteiger partial charge in [-0.05, 0) is 68.8 Å². The second kappa shape index (κ2) is 7.93. The first-order valence-corrected chi connectivity index (χ1v) is 12.0. The van der Waals surface area contributed by atoms with Crippen LogP contribution in [0.15, 0.2) is 34.8 Å². The maximum absolute atomic E-state index is 13.7. The number of rotatable bonds is 3. The molecule has 0 aromatic heterocycles. The zero-order chi connectivity index (χ0) is 25.4. The summed E-state index contributed by atoms with van der Waals surface area (Å²) < 4.78 is 0. The van der Waals surface area contributed by atoms with Crippen LogP contribution in [0.3, 0.4) is 0 Å². The average molecular weight is 483 g/mol. The summed E-state index contributed by atoms with van der Waals surface area (Å²) in [5.74, 6) is -5.96. The summed E-state index contributed by atoms with van der Waals surface area (Å²) in [4.78, 5) is 40.6. The molecule has 9 nitrogen and oxygen atoms in total. The number of phenols is 1. The quantitative estimate of drug-likeness (QED) is 0.407. The molecule has 4 aliphatic rings. The summed E-state index contributed by atoms with van der Waals surface area (Å²) in [5.41, 5.74) is 3.68. The molecular weight excluding hydrogens is 452 g/mol. The minimum absolute atomic E-state index is 0.0928. The number of benzene rings is 1. The highest BCUT2D eigenvalue weighted by atomic mass is 16.3. The number of hydrogen-bond acceptors (Lipinski definition) is 8. The minimum Gasteiger partial charge on any atom is -0.510 e. The normalized spacial score (nSPS) is 31.0. The Morgan fingerprint density at radius 1 is 1.09 bits per heavy atom. The molecule has 5 rings (SSSR count). The smallest absolute Gasteiger partial charge is 0.255 e. The van der Waals surface area contributed by atoms with Crippen molar-refractivity contribution in [2.24, 2.45) is 17.6 Å². The number of fused-ring (bicyclic) bond motifs is 3. The number of nitrogens with zero attached hydrogens (tertiary/aromatic N) is 1. The Bertz CT molecular complexity index is 1220. The molecule has 0 unspecified atom stereocenters. The molecule has 0 saturated heterocycles. The highest BCUT2D eigenvalue weighted by Crippen LogP contribution is 2.53. The zero-order valence-corrected chi connectivity index (χ0v) is 19.7. The highest BCUT2D eigenvalue weighted by Gasteiger charge is 2.63. The van der Waals surface area contributed by atoms with Crippen molar-refractivity contribution in [3.05, 3.63) is 51.5 Å². The van der Waals surface area contributed by atoms with Crippen molar-refractivity contribution < 1.29 is 34.8 Å². The van der Waals surface area contributed by atoms with Crippen LogP contribution in [-0.2, 0) is 16.0 Å². The number of amides is 1. The number of nitrogens with two attached hydrogens (primary N) is 1. The highest BCUT2D eigenvalue weighted by molar-refractivity contribution is 6.24. The standard InChI is InChI=1S/C26H30N2O7/c1-28(2)20-15-10-12-9-14-13(11-5-3-4-6-11)7-8-16(29)18(14)21(30)17(12)23(32)26(15,35)24(33)19(22(20)31)25(27)34/h7-8,11-12,15,20,29,31-32,35H,3-6,9-10H2,1-2H3,(H2,27,34)/t12-,15-,20-,26-/m0/s1. The SMILES string of the molecule is CN(C)[C@@H]1C(O)=C(C(N)=O)C(=O)[C@@]2(O)C(O)=C3C(=O)c4c(O)ccc(C5CCCC5)c4C[C@H]3C[C@@H]12. The third kappa shape index (κ3) is 3.11. The monoisotopic (exact) mass is 482 g/mol. The maximum atomic E-state index is 13.7. The molecule has 4 atom stereocenters. The Labute approximate surface area is 202 Å². The van der Waals surface area contributed by atoms with Crippen molar-refractivity contribution in [3.8, 4) is 5.75 Å². The van der Waals surface area contributed by atoms with E-state index in [0.717, 1.165) is 36.8 Å². The number of hydrogen-bond donors (Lipinski definition) is 5. The Balaban J connectivity index is 1.70. The van der Waals surface area contributed by atoms with E-state index in [-0.39, 0.29) is 29.2 Å². The summed E-state index contributed by atoms with van der Waals surface area (Å²) in [6.07, 6.45) is 4.63. The molecular formula is C26H30N2O7. The number of aliphatic hydroxyl groups is 3. The van der Waals surface area contributed by atoms with E-state index in [1.807, 2.05) is 6.07 Å². The summed E-state index contributed by atoms with van der Waals surface area (Å²) in [7, 11) is 3.23. The lowest BCUT2D eigenvalue weighted by Crippen LogP contribution is -2.63. The molecule has 0 spiro atoms. The van der Waals surface area contributed by atoms with E-state index in [9.17, 15) is 34.8 Å². The first-order valence-electron chi connectivity index (χ1n) is 12.0. The van der Waals surface area contributed by atoms with E-state index in [0.29, 0.717) is 6.42 Å². The summed E-state index contributed by atoms with van der Waals surface area (Å²) >= 11 is 0. The molecule has 0 heterocycles. The van der Waals surface area contributed by atoms with Gasteiger partial charge in [-0.15, -0.1) is 0 Å². The summed E-state index contributed by atoms with van der Waals surface area (Å²) in [6.45, 7) is 0. The minimum atomic E-state index is -2.61. The molecule has 0 bridgehead atoms. The molecule has 35 heavy (non-hydrogen) atoms. The predicted molar refractivity (Wildman–Crippen MR) is 125 cm³/mol. The lowest BCUT2D eigenvalue weighted by atomic mass is 9.58. The molecule has 1 amide bonds. The average Bonchev–Trinajstić information content (AvgIpc) is 3.30. The van der Waals surface area contributed by atoms with Crippen LogP contribution in [0.25, 0.3) is 0 Å². The third-order valence-electron chi connectivity index (χ3n) is 8.44. The molecule has 0 radical (unpaired) electrons. The fraction of sp³-hybridized carbons (Fsp3) is 0.500. The molecule has 9 heteroatoms. The van der Waals surface area contributed by atoms with Gasteiger partial charge in [0.15, 0.2) is 11.4 Å². The van der Waals surface area contributed by atoms with E-state index < -0.39 is 58.0 Å². The molecule has 1 aromatic rings. The van der Waals surface area contributed by atoms with Gasteiger partial charge < -0.3 is 26.2 Å². The lowest BCUT2D eigenvalue weighted by molar-refractivity contribution is -0.148. The van der Waals surface area contributed by atoms with E-state index in [1.165, 1.54) is 6.07 Å². The van der Waals surface area contributed by atoms with Gasteiger partial charge in [0.2, 0.25) is 5.78 Å². The van der Waals surface area contributed by atoms with Crippen LogP contribution in [0.4, 0.5) is 0 Å². The molecule has 1 fully saturated rings. The van der Waals surface area contributed by atoms with Crippen molar-refractivity contribution in [2.45, 2.75) is 56.1 Å². The second-order valence-corrected chi connectivity index (χ2v) is 10.5. The third-order valence-corrected chi connectivity index (χ3v) is 8.44. The van der Waals surface area contributed by atoms with Gasteiger partial charge in [-0.25, -0.2) is 0 Å². The number of primary amides is 1. The van der Waals surface area contributed by atoms with Gasteiger partial charge in [-0.2, -0.15) is 0 Å². The number of allylic oxidation sites excluding steroid dienone is 1. The topological polar surface area (TPSA) is 161 Å². The Morgan fingerprint density at radius 3 is 2.34 bits per heavy atom. The molecule has 1 saturated carbocycles. The van der Waals surface area contributed by atoms with Crippen LogP contribution >= 0.6 is 0 Å². The van der Waals surface area contributed by atoms with Crippen molar-refractivity contribution in [3.63, 3.8) is 0 Å². The van der Waals surface area contributed by atoms with E-state index in [1.54, 1.807) is 19.0 Å². The first-order chi connectivity index (χ1) is 16.5. The molecule has 0 aliphatic heterocycles. The van der Waals surface area contributed by atoms with E-state index in [2.05, 4.69) is 0 Å². The van der Waals surface area contributed by atoms with Crippen LogP contribution < -0.4 is 5.73 Å². The number of Topliss-reactive ketones (excluding diaryl/α,β-unsaturated/α-hetero) is 2. The van der Waals surface area contributed by atoms with Crippen LogP contribution in [0, 0.1) is 11.8 Å². The summed E-state index contributed by atoms with van der Waals surface area (Å²) in [6, 6.07) is 2.37. The first kappa shape index (κ1) is 23.6. The van der Waals surface area contributed by atoms with Gasteiger partial charge >= 0.3 is 0 Å². The van der Waals surface area contributed by atoms with E-state index in [4.69, 9.17) is 5.73 Å². The van der Waals surface area contributed by atoms with Crippen molar-refractivity contribution in [2.75, 3.05) is 14.1 Å². The zero-order valence-electron chi connectivity index (χ0n) is 19.7. The fourth-order valence-corrected chi connectivity index (χ4v) is 6.89.